The molecule has 1 N–H and O–H groups in total. The van der Waals surface area contributed by atoms with Crippen molar-refractivity contribution in [3.63, 3.8) is 0 Å². The molecule has 0 aliphatic rings. The topological polar surface area (TPSA) is 73.1 Å². The Morgan fingerprint density at radius 3 is 2.71 bits per heavy atom. The van der Waals surface area contributed by atoms with Gasteiger partial charge in [-0.05, 0) is 24.3 Å². The van der Waals surface area contributed by atoms with Crippen LogP contribution in [-0.2, 0) is 17.4 Å². The van der Waals surface area contributed by atoms with Crippen molar-refractivity contribution in [2.24, 2.45) is 7.05 Å². The van der Waals surface area contributed by atoms with Crippen molar-refractivity contribution in [2.45, 2.75) is 11.8 Å². The first-order chi connectivity index (χ1) is 13.2. The Morgan fingerprint density at radius 2 is 2.00 bits per heavy atom. The maximum atomic E-state index is 13.4. The highest BCUT2D eigenvalue weighted by molar-refractivity contribution is 7.18. The number of hydrogen-bond acceptors (Lipinski definition) is 6. The molecule has 1 atom stereocenters. The molecular weight excluding hydrogens is 393 g/mol. The Balaban J connectivity index is 1.79. The van der Waals surface area contributed by atoms with Gasteiger partial charge in [0, 0.05) is 42.9 Å². The van der Waals surface area contributed by atoms with Crippen molar-refractivity contribution < 1.29 is 23.0 Å². The molecule has 0 aromatic carbocycles. The Hall–Kier alpha value is -2.56. The van der Waals surface area contributed by atoms with Crippen molar-refractivity contribution in [1.82, 2.24) is 19.7 Å². The molecule has 0 saturated carbocycles. The van der Waals surface area contributed by atoms with Gasteiger partial charge in [-0.15, -0.1) is 11.3 Å². The smallest absolute Gasteiger partial charge is 0.381 e. The molecule has 28 heavy (non-hydrogen) atoms. The molecule has 0 aliphatic carbocycles. The summed E-state index contributed by atoms with van der Waals surface area (Å²) in [7, 11) is 2.91. The molecule has 10 heteroatoms. The lowest BCUT2D eigenvalue weighted by Crippen LogP contribution is -2.45. The highest BCUT2D eigenvalue weighted by Crippen LogP contribution is 2.43. The minimum Gasteiger partial charge on any atom is -0.381 e. The van der Waals surface area contributed by atoms with Crippen LogP contribution >= 0.6 is 11.3 Å². The second-order valence-corrected chi connectivity index (χ2v) is 7.46. The fourth-order valence-corrected chi connectivity index (χ4v) is 4.08. The number of pyridine rings is 2. The van der Waals surface area contributed by atoms with Gasteiger partial charge in [-0.2, -0.15) is 18.3 Å². The average Bonchev–Trinajstić information content (AvgIpc) is 3.21. The lowest BCUT2D eigenvalue weighted by atomic mass is 10.0. The molecule has 0 amide bonds. The highest BCUT2D eigenvalue weighted by Gasteiger charge is 2.56. The van der Waals surface area contributed by atoms with Crippen LogP contribution in [-0.4, -0.2) is 44.7 Å². The summed E-state index contributed by atoms with van der Waals surface area (Å²) in [5, 5.41) is 15.8. The summed E-state index contributed by atoms with van der Waals surface area (Å²) in [6, 6.07) is 6.55. The molecule has 4 aromatic rings. The maximum absolute atomic E-state index is 13.4. The molecule has 4 aromatic heterocycles. The lowest BCUT2D eigenvalue weighted by Gasteiger charge is -2.28. The number of aromatic nitrogens is 4. The second kappa shape index (κ2) is 6.50. The Labute approximate surface area is 161 Å². The van der Waals surface area contributed by atoms with Gasteiger partial charge in [0.1, 0.15) is 4.83 Å². The number of halogens is 3. The molecule has 6 nitrogen and oxygen atoms in total. The third-order valence-electron chi connectivity index (χ3n) is 4.38. The summed E-state index contributed by atoms with van der Waals surface area (Å²) in [4.78, 5) is 8.88. The summed E-state index contributed by atoms with van der Waals surface area (Å²) in [6.07, 6.45) is -1.43. The van der Waals surface area contributed by atoms with Gasteiger partial charge in [0.25, 0.3) is 0 Å². The monoisotopic (exact) mass is 408 g/mol. The van der Waals surface area contributed by atoms with Crippen LogP contribution in [0.25, 0.3) is 32.5 Å². The fraction of sp³-hybridized carbons (Fsp3) is 0.278. The van der Waals surface area contributed by atoms with Crippen LogP contribution < -0.4 is 0 Å². The minimum absolute atomic E-state index is 0.262. The van der Waals surface area contributed by atoms with Gasteiger partial charge in [0.05, 0.1) is 17.2 Å². The van der Waals surface area contributed by atoms with Crippen molar-refractivity contribution in [1.29, 1.82) is 0 Å². The maximum Gasteiger partial charge on any atom is 0.424 e. The number of hydrogen-bond donors (Lipinski definition) is 1. The van der Waals surface area contributed by atoms with E-state index in [0.717, 1.165) is 29.4 Å². The van der Waals surface area contributed by atoms with Crippen LogP contribution in [0.1, 0.15) is 4.88 Å². The summed E-state index contributed by atoms with van der Waals surface area (Å²) >= 11 is 0.790. The van der Waals surface area contributed by atoms with E-state index in [1.54, 1.807) is 30.1 Å². The standard InChI is InChI=1S/C18H15F3N4O2S/c1-25-8-12-5-11(7-22-15(12)24-25)13-4-3-10-6-14(28-16(10)23-13)17(26,9-27-2)18(19,20)21/h3-8,26H,9H2,1-2H3/t17-/m1/s1. The number of aryl methyl sites for hydroxylation is 1. The summed E-state index contributed by atoms with van der Waals surface area (Å²) in [5.41, 5.74) is -1.19. The third kappa shape index (κ3) is 3.03. The quantitative estimate of drug-likeness (QED) is 0.558. The number of fused-ring (bicyclic) bond motifs is 2. The van der Waals surface area contributed by atoms with Gasteiger partial charge in [-0.25, -0.2) is 9.97 Å². The van der Waals surface area contributed by atoms with Gasteiger partial charge in [-0.1, -0.05) is 0 Å². The van der Waals surface area contributed by atoms with E-state index in [9.17, 15) is 18.3 Å². The van der Waals surface area contributed by atoms with Crippen LogP contribution in [0.5, 0.6) is 0 Å². The first kappa shape index (κ1) is 18.8. The normalized spacial score (nSPS) is 14.6. The Morgan fingerprint density at radius 1 is 1.21 bits per heavy atom. The fourth-order valence-electron chi connectivity index (χ4n) is 2.96. The zero-order chi connectivity index (χ0) is 20.1. The van der Waals surface area contributed by atoms with E-state index < -0.39 is 18.4 Å². The second-order valence-electron chi connectivity index (χ2n) is 6.43. The molecule has 0 spiro atoms. The molecule has 0 fully saturated rings. The number of rotatable bonds is 4. The Bertz CT molecular complexity index is 1170. The van der Waals surface area contributed by atoms with Crippen LogP contribution in [0, 0.1) is 0 Å². The van der Waals surface area contributed by atoms with Crippen molar-refractivity contribution in [3.05, 3.63) is 41.5 Å². The molecule has 0 aliphatic heterocycles. The van der Waals surface area contributed by atoms with Crippen LogP contribution in [0.4, 0.5) is 13.2 Å². The van der Waals surface area contributed by atoms with Crippen LogP contribution in [0.15, 0.2) is 36.7 Å². The summed E-state index contributed by atoms with van der Waals surface area (Å²) in [5.74, 6) is 0. The minimum atomic E-state index is -4.87. The van der Waals surface area contributed by atoms with E-state index in [1.807, 2.05) is 12.3 Å². The predicted octanol–water partition coefficient (Wildman–Crippen LogP) is 3.64. The van der Waals surface area contributed by atoms with E-state index in [1.165, 1.54) is 6.07 Å². The SMILES string of the molecule is COC[C@@](O)(c1cc2ccc(-c3cnc4nn(C)cc4c3)nc2s1)C(F)(F)F. The van der Waals surface area contributed by atoms with Crippen LogP contribution in [0.2, 0.25) is 0 Å². The van der Waals surface area contributed by atoms with E-state index in [0.29, 0.717) is 21.6 Å². The molecule has 0 bridgehead atoms. The molecule has 4 rings (SSSR count). The first-order valence-corrected chi connectivity index (χ1v) is 9.02. The number of ether oxygens (including phenoxy) is 1. The van der Waals surface area contributed by atoms with E-state index >= 15 is 0 Å². The molecular formula is C18H15F3N4O2S. The lowest BCUT2D eigenvalue weighted by molar-refractivity contribution is -0.278. The van der Waals surface area contributed by atoms with Crippen molar-refractivity contribution in [2.75, 3.05) is 13.7 Å². The van der Waals surface area contributed by atoms with Gasteiger partial charge < -0.3 is 9.84 Å². The Kier molecular flexibility index (Phi) is 4.36. The van der Waals surface area contributed by atoms with Gasteiger partial charge in [0.15, 0.2) is 5.65 Å². The zero-order valence-electron chi connectivity index (χ0n) is 14.9. The molecule has 0 unspecified atom stereocenters. The number of alkyl halides is 3. The van der Waals surface area contributed by atoms with Crippen LogP contribution in [0.3, 0.4) is 0 Å². The van der Waals surface area contributed by atoms with Gasteiger partial charge in [0.2, 0.25) is 5.60 Å². The highest BCUT2D eigenvalue weighted by atomic mass is 32.1. The van der Waals surface area contributed by atoms with E-state index in [2.05, 4.69) is 19.8 Å². The average molecular weight is 408 g/mol. The molecule has 146 valence electrons. The van der Waals surface area contributed by atoms with E-state index in [4.69, 9.17) is 0 Å². The number of methoxy groups -OCH3 is 1. The number of nitrogens with zero attached hydrogens (tertiary/aromatic N) is 4. The largest absolute Gasteiger partial charge is 0.424 e. The van der Waals surface area contributed by atoms with Crippen molar-refractivity contribution in [3.8, 4) is 11.3 Å². The predicted molar refractivity (Wildman–Crippen MR) is 99.0 cm³/mol. The molecule has 0 saturated heterocycles. The van der Waals surface area contributed by atoms with E-state index in [-0.39, 0.29) is 4.88 Å². The van der Waals surface area contributed by atoms with Gasteiger partial charge in [-0.3, -0.25) is 4.68 Å². The molecule has 0 radical (unpaired) electrons. The number of thiophene rings is 1. The first-order valence-electron chi connectivity index (χ1n) is 8.20. The van der Waals surface area contributed by atoms with Crippen molar-refractivity contribution >= 4 is 32.6 Å². The molecule has 4 heterocycles. The summed E-state index contributed by atoms with van der Waals surface area (Å²) in [6.45, 7) is -0.891. The number of aliphatic hydroxyl groups is 1. The van der Waals surface area contributed by atoms with Gasteiger partial charge >= 0.3 is 6.18 Å². The zero-order valence-corrected chi connectivity index (χ0v) is 15.7. The third-order valence-corrected chi connectivity index (χ3v) is 5.58. The summed E-state index contributed by atoms with van der Waals surface area (Å²) < 4.78 is 46.6.